The van der Waals surface area contributed by atoms with E-state index in [1.165, 1.54) is 0 Å². The standard InChI is InChI=1S/C14H23NO3/c1-10(2)13(16)8-15-9-14(17)11-5-4-6-12(7-11)18-3/h4-7,10,13-17H,8-9H2,1-3H3. The summed E-state index contributed by atoms with van der Waals surface area (Å²) in [7, 11) is 1.60. The molecule has 0 fully saturated rings. The predicted molar refractivity (Wildman–Crippen MR) is 71.7 cm³/mol. The normalized spacial score (nSPS) is 14.6. The van der Waals surface area contributed by atoms with Crippen LogP contribution in [-0.2, 0) is 0 Å². The maximum Gasteiger partial charge on any atom is 0.119 e. The van der Waals surface area contributed by atoms with Crippen LogP contribution in [0.5, 0.6) is 5.75 Å². The van der Waals surface area contributed by atoms with Crippen molar-refractivity contribution in [2.75, 3.05) is 20.2 Å². The van der Waals surface area contributed by atoms with Crippen molar-refractivity contribution in [3.63, 3.8) is 0 Å². The van der Waals surface area contributed by atoms with Crippen molar-refractivity contribution >= 4 is 0 Å². The van der Waals surface area contributed by atoms with Crippen LogP contribution in [0.4, 0.5) is 0 Å². The van der Waals surface area contributed by atoms with Crippen molar-refractivity contribution in [3.05, 3.63) is 29.8 Å². The van der Waals surface area contributed by atoms with Crippen molar-refractivity contribution in [1.29, 1.82) is 0 Å². The molecule has 3 N–H and O–H groups in total. The fourth-order valence-corrected chi connectivity index (χ4v) is 1.57. The Morgan fingerprint density at radius 2 is 1.94 bits per heavy atom. The lowest BCUT2D eigenvalue weighted by Crippen LogP contribution is -2.33. The van der Waals surface area contributed by atoms with Gasteiger partial charge in [0, 0.05) is 13.1 Å². The summed E-state index contributed by atoms with van der Waals surface area (Å²) in [4.78, 5) is 0. The Hall–Kier alpha value is -1.10. The summed E-state index contributed by atoms with van der Waals surface area (Å²) in [6, 6.07) is 7.35. The van der Waals surface area contributed by atoms with Gasteiger partial charge in [-0.15, -0.1) is 0 Å². The average molecular weight is 253 g/mol. The molecule has 1 rings (SSSR count). The summed E-state index contributed by atoms with van der Waals surface area (Å²) in [6.07, 6.45) is -0.984. The molecule has 1 aromatic carbocycles. The van der Waals surface area contributed by atoms with Gasteiger partial charge in [-0.2, -0.15) is 0 Å². The molecule has 4 heteroatoms. The Labute approximate surface area is 109 Å². The monoisotopic (exact) mass is 253 g/mol. The van der Waals surface area contributed by atoms with Crippen LogP contribution in [0.15, 0.2) is 24.3 Å². The summed E-state index contributed by atoms with van der Waals surface area (Å²) in [5.74, 6) is 0.945. The number of aliphatic hydroxyl groups is 2. The van der Waals surface area contributed by atoms with Crippen molar-refractivity contribution in [3.8, 4) is 5.75 Å². The molecule has 0 heterocycles. The molecule has 0 radical (unpaired) electrons. The average Bonchev–Trinajstić information content (AvgIpc) is 2.38. The lowest BCUT2D eigenvalue weighted by molar-refractivity contribution is 0.113. The van der Waals surface area contributed by atoms with E-state index in [-0.39, 0.29) is 12.0 Å². The molecule has 18 heavy (non-hydrogen) atoms. The first-order valence-electron chi connectivity index (χ1n) is 6.25. The SMILES string of the molecule is COc1cccc(C(O)CNCC(O)C(C)C)c1. The number of nitrogens with one attached hydrogen (secondary N) is 1. The molecular formula is C14H23NO3. The molecule has 2 atom stereocenters. The first-order valence-corrected chi connectivity index (χ1v) is 6.25. The van der Waals surface area contributed by atoms with E-state index in [4.69, 9.17) is 4.74 Å². The Morgan fingerprint density at radius 1 is 1.22 bits per heavy atom. The number of aliphatic hydroxyl groups excluding tert-OH is 2. The highest BCUT2D eigenvalue weighted by Gasteiger charge is 2.11. The Balaban J connectivity index is 2.42. The number of hydrogen-bond acceptors (Lipinski definition) is 4. The molecule has 0 saturated heterocycles. The van der Waals surface area contributed by atoms with Gasteiger partial charge < -0.3 is 20.3 Å². The van der Waals surface area contributed by atoms with E-state index in [9.17, 15) is 10.2 Å². The molecule has 102 valence electrons. The van der Waals surface area contributed by atoms with E-state index in [0.29, 0.717) is 13.1 Å². The van der Waals surface area contributed by atoms with Gasteiger partial charge in [0.05, 0.1) is 19.3 Å². The fourth-order valence-electron chi connectivity index (χ4n) is 1.57. The largest absolute Gasteiger partial charge is 0.497 e. The van der Waals surface area contributed by atoms with E-state index in [0.717, 1.165) is 11.3 Å². The lowest BCUT2D eigenvalue weighted by Gasteiger charge is -2.17. The maximum absolute atomic E-state index is 9.99. The maximum atomic E-state index is 9.99. The highest BCUT2D eigenvalue weighted by Crippen LogP contribution is 2.18. The van der Waals surface area contributed by atoms with Gasteiger partial charge in [-0.05, 0) is 23.6 Å². The van der Waals surface area contributed by atoms with Crippen LogP contribution < -0.4 is 10.1 Å². The molecule has 0 aliphatic rings. The van der Waals surface area contributed by atoms with E-state index < -0.39 is 6.10 Å². The van der Waals surface area contributed by atoms with Gasteiger partial charge in [-0.25, -0.2) is 0 Å². The third-order valence-corrected chi connectivity index (χ3v) is 2.94. The molecule has 0 bridgehead atoms. The quantitative estimate of drug-likeness (QED) is 0.686. The highest BCUT2D eigenvalue weighted by molar-refractivity contribution is 5.29. The number of ether oxygens (including phenoxy) is 1. The molecule has 0 amide bonds. The van der Waals surface area contributed by atoms with Crippen molar-refractivity contribution < 1.29 is 14.9 Å². The van der Waals surface area contributed by atoms with Gasteiger partial charge in [-0.1, -0.05) is 26.0 Å². The minimum absolute atomic E-state index is 0.214. The van der Waals surface area contributed by atoms with Gasteiger partial charge in [0.2, 0.25) is 0 Å². The zero-order chi connectivity index (χ0) is 13.5. The predicted octanol–water partition coefficient (Wildman–Crippen LogP) is 1.34. The van der Waals surface area contributed by atoms with E-state index in [1.807, 2.05) is 38.1 Å². The van der Waals surface area contributed by atoms with Crippen LogP contribution in [0.2, 0.25) is 0 Å². The Morgan fingerprint density at radius 3 is 2.56 bits per heavy atom. The summed E-state index contributed by atoms with van der Waals surface area (Å²) in [5, 5.41) is 22.7. The molecule has 2 unspecified atom stereocenters. The second kappa shape index (κ2) is 7.36. The Bertz CT molecular complexity index is 355. The van der Waals surface area contributed by atoms with Crippen molar-refractivity contribution in [1.82, 2.24) is 5.32 Å². The van der Waals surface area contributed by atoms with Crippen molar-refractivity contribution in [2.24, 2.45) is 5.92 Å². The van der Waals surface area contributed by atoms with Crippen LogP contribution in [-0.4, -0.2) is 36.5 Å². The second-order valence-corrected chi connectivity index (χ2v) is 4.76. The summed E-state index contributed by atoms with van der Waals surface area (Å²) in [6.45, 7) is 4.82. The van der Waals surface area contributed by atoms with Gasteiger partial charge >= 0.3 is 0 Å². The number of rotatable bonds is 7. The summed E-state index contributed by atoms with van der Waals surface area (Å²) < 4.78 is 5.11. The van der Waals surface area contributed by atoms with Crippen LogP contribution in [0.25, 0.3) is 0 Å². The third kappa shape index (κ3) is 4.64. The topological polar surface area (TPSA) is 61.7 Å². The second-order valence-electron chi connectivity index (χ2n) is 4.76. The minimum Gasteiger partial charge on any atom is -0.497 e. The molecule has 0 aromatic heterocycles. The zero-order valence-electron chi connectivity index (χ0n) is 11.3. The van der Waals surface area contributed by atoms with Crippen LogP contribution in [0.1, 0.15) is 25.5 Å². The lowest BCUT2D eigenvalue weighted by atomic mass is 10.1. The molecule has 0 aliphatic heterocycles. The van der Waals surface area contributed by atoms with Gasteiger partial charge in [0.1, 0.15) is 5.75 Å². The zero-order valence-corrected chi connectivity index (χ0v) is 11.3. The molecule has 0 saturated carbocycles. The van der Waals surface area contributed by atoms with E-state index >= 15 is 0 Å². The first kappa shape index (κ1) is 15.0. The number of hydrogen-bond donors (Lipinski definition) is 3. The molecule has 4 nitrogen and oxygen atoms in total. The van der Waals surface area contributed by atoms with Gasteiger partial charge in [0.25, 0.3) is 0 Å². The third-order valence-electron chi connectivity index (χ3n) is 2.94. The molecule has 0 spiro atoms. The van der Waals surface area contributed by atoms with Crippen LogP contribution >= 0.6 is 0 Å². The highest BCUT2D eigenvalue weighted by atomic mass is 16.5. The van der Waals surface area contributed by atoms with Crippen molar-refractivity contribution in [2.45, 2.75) is 26.1 Å². The summed E-state index contributed by atoms with van der Waals surface area (Å²) in [5.41, 5.74) is 0.806. The first-order chi connectivity index (χ1) is 8.54. The molecular weight excluding hydrogens is 230 g/mol. The van der Waals surface area contributed by atoms with Crippen LogP contribution in [0, 0.1) is 5.92 Å². The van der Waals surface area contributed by atoms with Gasteiger partial charge in [-0.3, -0.25) is 0 Å². The van der Waals surface area contributed by atoms with E-state index in [1.54, 1.807) is 7.11 Å². The minimum atomic E-state index is -0.598. The van der Waals surface area contributed by atoms with E-state index in [2.05, 4.69) is 5.32 Å². The summed E-state index contributed by atoms with van der Waals surface area (Å²) >= 11 is 0. The number of methoxy groups -OCH3 is 1. The number of benzene rings is 1. The van der Waals surface area contributed by atoms with Gasteiger partial charge in [0.15, 0.2) is 0 Å². The Kier molecular flexibility index (Phi) is 6.12. The smallest absolute Gasteiger partial charge is 0.119 e. The van der Waals surface area contributed by atoms with Crippen LogP contribution in [0.3, 0.4) is 0 Å². The fraction of sp³-hybridized carbons (Fsp3) is 0.571. The molecule has 1 aromatic rings. The molecule has 0 aliphatic carbocycles.